The standard InChI is InChI=1S/C14H20N2OS/c1-18-13-9-5-4-8-12(13)15-14(17)16-10-6-2-3-7-11-16/h4-5,8-9H,2-3,6-7,10-11H2,1H3,(H,15,17). The molecule has 1 aliphatic rings. The summed E-state index contributed by atoms with van der Waals surface area (Å²) in [5.41, 5.74) is 0.916. The normalized spacial score (nSPS) is 16.2. The van der Waals surface area contributed by atoms with Gasteiger partial charge in [-0.3, -0.25) is 0 Å². The van der Waals surface area contributed by atoms with Gasteiger partial charge in [0.25, 0.3) is 0 Å². The smallest absolute Gasteiger partial charge is 0.321 e. The van der Waals surface area contributed by atoms with Crippen LogP contribution in [0.5, 0.6) is 0 Å². The minimum Gasteiger partial charge on any atom is -0.325 e. The van der Waals surface area contributed by atoms with Gasteiger partial charge in [0.05, 0.1) is 5.69 Å². The zero-order valence-corrected chi connectivity index (χ0v) is 11.6. The fourth-order valence-electron chi connectivity index (χ4n) is 2.22. The van der Waals surface area contributed by atoms with Crippen LogP contribution in [-0.4, -0.2) is 30.3 Å². The third-order valence-corrected chi connectivity index (χ3v) is 4.04. The monoisotopic (exact) mass is 264 g/mol. The highest BCUT2D eigenvalue weighted by Crippen LogP contribution is 2.25. The fraction of sp³-hybridized carbons (Fsp3) is 0.500. The molecule has 18 heavy (non-hydrogen) atoms. The summed E-state index contributed by atoms with van der Waals surface area (Å²) in [7, 11) is 0. The van der Waals surface area contributed by atoms with E-state index in [9.17, 15) is 4.79 Å². The first kappa shape index (κ1) is 13.3. The number of amides is 2. The zero-order chi connectivity index (χ0) is 12.8. The van der Waals surface area contributed by atoms with Gasteiger partial charge in [-0.15, -0.1) is 11.8 Å². The Morgan fingerprint density at radius 2 is 1.83 bits per heavy atom. The molecule has 2 rings (SSSR count). The van der Waals surface area contributed by atoms with Crippen LogP contribution in [0.3, 0.4) is 0 Å². The second kappa shape index (κ2) is 6.69. The van der Waals surface area contributed by atoms with E-state index in [2.05, 4.69) is 5.32 Å². The Labute approximate surface area is 113 Å². The Morgan fingerprint density at radius 1 is 1.17 bits per heavy atom. The summed E-state index contributed by atoms with van der Waals surface area (Å²) < 4.78 is 0. The molecule has 1 saturated heterocycles. The minimum absolute atomic E-state index is 0.0402. The predicted molar refractivity (Wildman–Crippen MR) is 77.3 cm³/mol. The van der Waals surface area contributed by atoms with Gasteiger partial charge in [0.15, 0.2) is 0 Å². The van der Waals surface area contributed by atoms with Crippen molar-refractivity contribution in [3.8, 4) is 0 Å². The lowest BCUT2D eigenvalue weighted by molar-refractivity contribution is 0.213. The Morgan fingerprint density at radius 3 is 2.50 bits per heavy atom. The second-order valence-corrected chi connectivity index (χ2v) is 5.38. The Hall–Kier alpha value is -1.16. The van der Waals surface area contributed by atoms with Crippen LogP contribution in [0.25, 0.3) is 0 Å². The molecule has 2 amide bonds. The molecule has 1 N–H and O–H groups in total. The van der Waals surface area contributed by atoms with Crippen LogP contribution in [0.15, 0.2) is 29.2 Å². The van der Waals surface area contributed by atoms with E-state index >= 15 is 0 Å². The summed E-state index contributed by atoms with van der Waals surface area (Å²) in [6.45, 7) is 1.76. The van der Waals surface area contributed by atoms with Crippen molar-refractivity contribution in [3.05, 3.63) is 24.3 Å². The Balaban J connectivity index is 2.01. The molecule has 0 radical (unpaired) electrons. The molecule has 1 fully saturated rings. The number of nitrogens with zero attached hydrogens (tertiary/aromatic N) is 1. The van der Waals surface area contributed by atoms with Crippen LogP contribution >= 0.6 is 11.8 Å². The van der Waals surface area contributed by atoms with Crippen molar-refractivity contribution in [1.29, 1.82) is 0 Å². The number of benzene rings is 1. The Bertz CT molecular complexity index is 401. The molecule has 1 aromatic rings. The van der Waals surface area contributed by atoms with Crippen LogP contribution in [0.4, 0.5) is 10.5 Å². The summed E-state index contributed by atoms with van der Waals surface area (Å²) in [6, 6.07) is 7.98. The highest BCUT2D eigenvalue weighted by Gasteiger charge is 2.16. The first-order valence-corrected chi connectivity index (χ1v) is 7.72. The zero-order valence-electron chi connectivity index (χ0n) is 10.8. The molecule has 0 atom stereocenters. The van der Waals surface area contributed by atoms with Gasteiger partial charge in [0.2, 0.25) is 0 Å². The molecule has 3 nitrogen and oxygen atoms in total. The number of rotatable bonds is 2. The van der Waals surface area contributed by atoms with E-state index in [1.54, 1.807) is 11.8 Å². The number of carbonyl (C=O) groups is 1. The van der Waals surface area contributed by atoms with Gasteiger partial charge in [0.1, 0.15) is 0 Å². The number of hydrogen-bond acceptors (Lipinski definition) is 2. The van der Waals surface area contributed by atoms with Crippen molar-refractivity contribution >= 4 is 23.5 Å². The van der Waals surface area contributed by atoms with E-state index in [-0.39, 0.29) is 6.03 Å². The van der Waals surface area contributed by atoms with Crippen molar-refractivity contribution in [1.82, 2.24) is 4.90 Å². The quantitative estimate of drug-likeness (QED) is 0.824. The van der Waals surface area contributed by atoms with E-state index in [1.807, 2.05) is 35.4 Å². The molecule has 1 aromatic carbocycles. The molecule has 0 saturated carbocycles. The maximum Gasteiger partial charge on any atom is 0.321 e. The third kappa shape index (κ3) is 3.42. The highest BCUT2D eigenvalue weighted by molar-refractivity contribution is 7.98. The SMILES string of the molecule is CSc1ccccc1NC(=O)N1CCCCCC1. The number of carbonyl (C=O) groups excluding carboxylic acids is 1. The first-order chi connectivity index (χ1) is 8.81. The number of para-hydroxylation sites is 1. The van der Waals surface area contributed by atoms with Crippen molar-refractivity contribution in [2.75, 3.05) is 24.7 Å². The minimum atomic E-state index is 0.0402. The van der Waals surface area contributed by atoms with Crippen molar-refractivity contribution < 1.29 is 4.79 Å². The lowest BCUT2D eigenvalue weighted by Crippen LogP contribution is -2.35. The van der Waals surface area contributed by atoms with E-state index < -0.39 is 0 Å². The van der Waals surface area contributed by atoms with Crippen molar-refractivity contribution in [3.63, 3.8) is 0 Å². The molecule has 0 aliphatic carbocycles. The van der Waals surface area contributed by atoms with Crippen LogP contribution < -0.4 is 5.32 Å². The fourth-order valence-corrected chi connectivity index (χ4v) is 2.77. The van der Waals surface area contributed by atoms with E-state index in [4.69, 9.17) is 0 Å². The molecule has 1 heterocycles. The Kier molecular flexibility index (Phi) is 4.93. The van der Waals surface area contributed by atoms with Crippen LogP contribution in [0.2, 0.25) is 0 Å². The molecular weight excluding hydrogens is 244 g/mol. The average Bonchev–Trinajstić information content (AvgIpc) is 2.68. The lowest BCUT2D eigenvalue weighted by Gasteiger charge is -2.21. The third-order valence-electron chi connectivity index (χ3n) is 3.24. The number of hydrogen-bond donors (Lipinski definition) is 1. The second-order valence-electron chi connectivity index (χ2n) is 4.53. The van der Waals surface area contributed by atoms with E-state index in [0.29, 0.717) is 0 Å². The number of urea groups is 1. The topological polar surface area (TPSA) is 32.3 Å². The summed E-state index contributed by atoms with van der Waals surface area (Å²) in [4.78, 5) is 15.2. The van der Waals surface area contributed by atoms with E-state index in [1.165, 1.54) is 12.8 Å². The average molecular weight is 264 g/mol. The summed E-state index contributed by atoms with van der Waals surface area (Å²) in [5.74, 6) is 0. The maximum absolute atomic E-state index is 12.2. The summed E-state index contributed by atoms with van der Waals surface area (Å²) in [6.07, 6.45) is 6.75. The largest absolute Gasteiger partial charge is 0.325 e. The highest BCUT2D eigenvalue weighted by atomic mass is 32.2. The number of nitrogens with one attached hydrogen (secondary N) is 1. The van der Waals surface area contributed by atoms with Crippen molar-refractivity contribution in [2.45, 2.75) is 30.6 Å². The van der Waals surface area contributed by atoms with Crippen LogP contribution in [-0.2, 0) is 0 Å². The van der Waals surface area contributed by atoms with Gasteiger partial charge in [-0.2, -0.15) is 0 Å². The molecule has 1 aliphatic heterocycles. The summed E-state index contributed by atoms with van der Waals surface area (Å²) >= 11 is 1.65. The molecule has 98 valence electrons. The molecule has 0 spiro atoms. The predicted octanol–water partition coefficient (Wildman–Crippen LogP) is 3.82. The molecule has 0 bridgehead atoms. The van der Waals surface area contributed by atoms with Gasteiger partial charge in [-0.1, -0.05) is 25.0 Å². The number of thioether (sulfide) groups is 1. The van der Waals surface area contributed by atoms with Gasteiger partial charge in [-0.25, -0.2) is 4.79 Å². The maximum atomic E-state index is 12.2. The number of anilines is 1. The van der Waals surface area contributed by atoms with Crippen molar-refractivity contribution in [2.24, 2.45) is 0 Å². The molecule has 0 aromatic heterocycles. The lowest BCUT2D eigenvalue weighted by atomic mass is 10.2. The van der Waals surface area contributed by atoms with E-state index in [0.717, 1.165) is 36.5 Å². The van der Waals surface area contributed by atoms with Crippen LogP contribution in [0.1, 0.15) is 25.7 Å². The van der Waals surface area contributed by atoms with Crippen LogP contribution in [0, 0.1) is 0 Å². The first-order valence-electron chi connectivity index (χ1n) is 6.50. The van der Waals surface area contributed by atoms with Gasteiger partial charge < -0.3 is 10.2 Å². The molecular formula is C14H20N2OS. The molecule has 0 unspecified atom stereocenters. The molecule has 4 heteroatoms. The van der Waals surface area contributed by atoms with Gasteiger partial charge in [-0.05, 0) is 31.2 Å². The van der Waals surface area contributed by atoms with Gasteiger partial charge >= 0.3 is 6.03 Å². The number of likely N-dealkylation sites (tertiary alicyclic amines) is 1. The summed E-state index contributed by atoms with van der Waals surface area (Å²) in [5, 5.41) is 3.03. The van der Waals surface area contributed by atoms with Gasteiger partial charge in [0, 0.05) is 18.0 Å².